The van der Waals surface area contributed by atoms with Crippen molar-refractivity contribution in [3.63, 3.8) is 0 Å². The molecule has 1 unspecified atom stereocenters. The third-order valence-electron chi connectivity index (χ3n) is 5.51. The Bertz CT molecular complexity index is 967. The Kier molecular flexibility index (Phi) is 4.08. The van der Waals surface area contributed by atoms with Crippen LogP contribution in [0.15, 0.2) is 90.3 Å². The van der Waals surface area contributed by atoms with Crippen LogP contribution in [-0.4, -0.2) is 11.4 Å². The van der Waals surface area contributed by atoms with Crippen LogP contribution in [0.25, 0.3) is 10.1 Å². The number of fused-ring (bicyclic) bond motifs is 1. The first-order valence-corrected chi connectivity index (χ1v) is 10.1. The SMILES string of the molecule is c1ccc(C(c2ccccc2)N2CCC2c2cccc3sccc23)cc1. The van der Waals surface area contributed by atoms with Crippen LogP contribution < -0.4 is 0 Å². The van der Waals surface area contributed by atoms with Gasteiger partial charge in [-0.15, -0.1) is 11.3 Å². The number of benzene rings is 3. The molecule has 0 aliphatic carbocycles. The second-order valence-corrected chi connectivity index (χ2v) is 7.89. The van der Waals surface area contributed by atoms with Gasteiger partial charge in [-0.1, -0.05) is 72.8 Å². The van der Waals surface area contributed by atoms with Gasteiger partial charge in [-0.2, -0.15) is 0 Å². The molecule has 1 aliphatic rings. The molecule has 1 aliphatic heterocycles. The lowest BCUT2D eigenvalue weighted by atomic mass is 9.86. The van der Waals surface area contributed by atoms with Gasteiger partial charge in [0.15, 0.2) is 0 Å². The number of thiophene rings is 1. The Balaban J connectivity index is 1.58. The zero-order chi connectivity index (χ0) is 17.3. The average Bonchev–Trinajstić information content (AvgIpc) is 3.16. The average molecular weight is 356 g/mol. The molecule has 26 heavy (non-hydrogen) atoms. The molecule has 128 valence electrons. The van der Waals surface area contributed by atoms with E-state index in [1.807, 2.05) is 11.3 Å². The fourth-order valence-corrected chi connectivity index (χ4v) is 5.03. The van der Waals surface area contributed by atoms with Crippen LogP contribution in [0.4, 0.5) is 0 Å². The minimum absolute atomic E-state index is 0.310. The molecule has 1 saturated heterocycles. The summed E-state index contributed by atoms with van der Waals surface area (Å²) in [5.74, 6) is 0. The highest BCUT2D eigenvalue weighted by molar-refractivity contribution is 7.17. The zero-order valence-electron chi connectivity index (χ0n) is 14.6. The third-order valence-corrected chi connectivity index (χ3v) is 6.39. The molecular weight excluding hydrogens is 334 g/mol. The number of hydrogen-bond donors (Lipinski definition) is 0. The maximum atomic E-state index is 2.66. The molecule has 0 radical (unpaired) electrons. The molecule has 0 amide bonds. The summed E-state index contributed by atoms with van der Waals surface area (Å²) in [6, 6.07) is 31.7. The number of likely N-dealkylation sites (tertiary alicyclic amines) is 1. The first kappa shape index (κ1) is 15.8. The predicted octanol–water partition coefficient (Wildman–Crippen LogP) is 6.44. The molecule has 2 heterocycles. The van der Waals surface area contributed by atoms with E-state index in [1.165, 1.54) is 33.2 Å². The van der Waals surface area contributed by atoms with Gasteiger partial charge in [0.05, 0.1) is 6.04 Å². The standard InChI is InChI=1S/C24H21NS/c1-3-8-18(9-4-1)24(19-10-5-2-6-11-19)25-16-14-22(25)20-12-7-13-23-21(20)15-17-26-23/h1-13,15,17,22,24H,14,16H2. The lowest BCUT2D eigenvalue weighted by Crippen LogP contribution is -2.43. The molecular formula is C24H21NS. The van der Waals surface area contributed by atoms with Crippen molar-refractivity contribution >= 4 is 21.4 Å². The zero-order valence-corrected chi connectivity index (χ0v) is 15.4. The van der Waals surface area contributed by atoms with Crippen LogP contribution in [0, 0.1) is 0 Å². The molecule has 3 aromatic carbocycles. The van der Waals surface area contributed by atoms with Gasteiger partial charge >= 0.3 is 0 Å². The maximum absolute atomic E-state index is 2.66. The largest absolute Gasteiger partial charge is 0.285 e. The summed E-state index contributed by atoms with van der Waals surface area (Å²) < 4.78 is 1.39. The van der Waals surface area contributed by atoms with Gasteiger partial charge in [-0.25, -0.2) is 0 Å². The van der Waals surface area contributed by atoms with E-state index in [2.05, 4.69) is 95.2 Å². The smallest absolute Gasteiger partial charge is 0.0607 e. The lowest BCUT2D eigenvalue weighted by molar-refractivity contribution is 0.0576. The minimum Gasteiger partial charge on any atom is -0.285 e. The molecule has 1 atom stereocenters. The second kappa shape index (κ2) is 6.71. The number of rotatable bonds is 4. The maximum Gasteiger partial charge on any atom is 0.0607 e. The van der Waals surface area contributed by atoms with Crippen molar-refractivity contribution in [2.24, 2.45) is 0 Å². The van der Waals surface area contributed by atoms with E-state index in [-0.39, 0.29) is 0 Å². The normalized spacial score (nSPS) is 17.5. The fraction of sp³-hybridized carbons (Fsp3) is 0.167. The van der Waals surface area contributed by atoms with E-state index in [9.17, 15) is 0 Å². The van der Waals surface area contributed by atoms with Crippen molar-refractivity contribution in [2.75, 3.05) is 6.54 Å². The molecule has 0 N–H and O–H groups in total. The summed E-state index contributed by atoms with van der Waals surface area (Å²) in [5.41, 5.74) is 4.23. The van der Waals surface area contributed by atoms with Crippen molar-refractivity contribution in [2.45, 2.75) is 18.5 Å². The Morgan fingerprint density at radius 2 is 1.46 bits per heavy atom. The highest BCUT2D eigenvalue weighted by atomic mass is 32.1. The highest BCUT2D eigenvalue weighted by Gasteiger charge is 2.37. The Morgan fingerprint density at radius 1 is 0.769 bits per heavy atom. The first-order chi connectivity index (χ1) is 12.9. The van der Waals surface area contributed by atoms with E-state index >= 15 is 0 Å². The van der Waals surface area contributed by atoms with Gasteiger partial charge in [0.2, 0.25) is 0 Å². The van der Waals surface area contributed by atoms with Crippen LogP contribution in [0.5, 0.6) is 0 Å². The number of nitrogens with zero attached hydrogens (tertiary/aromatic N) is 1. The van der Waals surface area contributed by atoms with Crippen LogP contribution in [0.3, 0.4) is 0 Å². The van der Waals surface area contributed by atoms with Crippen molar-refractivity contribution in [3.05, 3.63) is 107 Å². The van der Waals surface area contributed by atoms with E-state index in [0.29, 0.717) is 12.1 Å². The Hall–Kier alpha value is -2.42. The predicted molar refractivity (Wildman–Crippen MR) is 111 cm³/mol. The van der Waals surface area contributed by atoms with Gasteiger partial charge < -0.3 is 0 Å². The molecule has 2 heteroatoms. The van der Waals surface area contributed by atoms with E-state index in [0.717, 1.165) is 6.54 Å². The van der Waals surface area contributed by atoms with Crippen LogP contribution in [-0.2, 0) is 0 Å². The number of hydrogen-bond acceptors (Lipinski definition) is 2. The quantitative estimate of drug-likeness (QED) is 0.407. The summed E-state index contributed by atoms with van der Waals surface area (Å²) in [7, 11) is 0. The molecule has 0 spiro atoms. The first-order valence-electron chi connectivity index (χ1n) is 9.23. The Labute approximate surface area is 158 Å². The Morgan fingerprint density at radius 3 is 2.08 bits per heavy atom. The summed E-state index contributed by atoms with van der Waals surface area (Å²) in [5, 5.41) is 3.63. The minimum atomic E-state index is 0.310. The van der Waals surface area contributed by atoms with Gasteiger partial charge in [0.25, 0.3) is 0 Å². The third kappa shape index (κ3) is 2.66. The van der Waals surface area contributed by atoms with Crippen molar-refractivity contribution in [3.8, 4) is 0 Å². The second-order valence-electron chi connectivity index (χ2n) is 6.95. The molecule has 4 aromatic rings. The summed E-state index contributed by atoms with van der Waals surface area (Å²) in [6.07, 6.45) is 1.23. The van der Waals surface area contributed by atoms with E-state index in [4.69, 9.17) is 0 Å². The molecule has 0 saturated carbocycles. The molecule has 1 fully saturated rings. The van der Waals surface area contributed by atoms with Gasteiger partial charge in [-0.05, 0) is 46.0 Å². The lowest BCUT2D eigenvalue weighted by Gasteiger charge is -2.47. The van der Waals surface area contributed by atoms with E-state index < -0.39 is 0 Å². The van der Waals surface area contributed by atoms with Gasteiger partial charge in [0, 0.05) is 17.3 Å². The van der Waals surface area contributed by atoms with Crippen LogP contribution in [0.2, 0.25) is 0 Å². The van der Waals surface area contributed by atoms with Crippen molar-refractivity contribution < 1.29 is 0 Å². The highest BCUT2D eigenvalue weighted by Crippen LogP contribution is 2.45. The molecule has 1 aromatic heterocycles. The molecule has 5 rings (SSSR count). The summed E-state index contributed by atoms with van der Waals surface area (Å²) in [6.45, 7) is 1.14. The van der Waals surface area contributed by atoms with Crippen LogP contribution >= 0.6 is 11.3 Å². The van der Waals surface area contributed by atoms with Crippen molar-refractivity contribution in [1.82, 2.24) is 4.90 Å². The fourth-order valence-electron chi connectivity index (χ4n) is 4.20. The van der Waals surface area contributed by atoms with Gasteiger partial charge in [-0.3, -0.25) is 4.90 Å². The monoisotopic (exact) mass is 355 g/mol. The summed E-state index contributed by atoms with van der Waals surface area (Å²) >= 11 is 1.84. The van der Waals surface area contributed by atoms with Gasteiger partial charge in [0.1, 0.15) is 0 Å². The topological polar surface area (TPSA) is 3.24 Å². The van der Waals surface area contributed by atoms with Crippen LogP contribution in [0.1, 0.15) is 35.2 Å². The molecule has 1 nitrogen and oxygen atoms in total. The summed E-state index contributed by atoms with van der Waals surface area (Å²) in [4.78, 5) is 2.66. The van der Waals surface area contributed by atoms with Crippen molar-refractivity contribution in [1.29, 1.82) is 0 Å². The van der Waals surface area contributed by atoms with E-state index in [1.54, 1.807) is 0 Å². The molecule has 0 bridgehead atoms.